The number of halogens is 1. The van der Waals surface area contributed by atoms with E-state index in [4.69, 9.17) is 16.3 Å². The lowest BCUT2D eigenvalue weighted by molar-refractivity contribution is 0.0579. The van der Waals surface area contributed by atoms with Gasteiger partial charge in [-0.2, -0.15) is 8.42 Å². The average Bonchev–Trinajstić information content (AvgIpc) is 2.75. The minimum Gasteiger partial charge on any atom is -0.373 e. The molecule has 0 unspecified atom stereocenters. The highest BCUT2D eigenvalue weighted by Gasteiger charge is 2.26. The first-order chi connectivity index (χ1) is 8.90. The highest BCUT2D eigenvalue weighted by Crippen LogP contribution is 2.26. The molecule has 1 N–H and O–H groups in total. The topological polar surface area (TPSA) is 63.6 Å². The lowest BCUT2D eigenvalue weighted by Gasteiger charge is -2.14. The van der Waals surface area contributed by atoms with Crippen LogP contribution in [0.5, 0.6) is 0 Å². The fraction of sp³-hybridized carbons (Fsp3) is 0.538. The van der Waals surface area contributed by atoms with Gasteiger partial charge in [-0.3, -0.25) is 4.55 Å². The van der Waals surface area contributed by atoms with E-state index in [9.17, 15) is 13.0 Å². The van der Waals surface area contributed by atoms with Crippen molar-refractivity contribution < 1.29 is 17.7 Å². The summed E-state index contributed by atoms with van der Waals surface area (Å²) in [5.74, 6) is 0.454. The Bertz CT molecular complexity index is 556. The quantitative estimate of drug-likeness (QED) is 0.686. The molecule has 2 atom stereocenters. The molecule has 1 heterocycles. The Morgan fingerprint density at radius 3 is 2.63 bits per heavy atom. The van der Waals surface area contributed by atoms with Crippen LogP contribution in [0, 0.1) is 6.92 Å². The van der Waals surface area contributed by atoms with E-state index in [1.54, 1.807) is 12.1 Å². The monoisotopic (exact) mass is 304 g/mol. The lowest BCUT2D eigenvalue weighted by Crippen LogP contribution is -2.16. The third kappa shape index (κ3) is 3.69. The van der Waals surface area contributed by atoms with E-state index in [0.717, 1.165) is 18.4 Å². The predicted molar refractivity (Wildman–Crippen MR) is 73.3 cm³/mol. The highest BCUT2D eigenvalue weighted by atomic mass is 35.5. The second-order valence-corrected chi connectivity index (χ2v) is 6.60. The Morgan fingerprint density at radius 1 is 1.37 bits per heavy atom. The summed E-state index contributed by atoms with van der Waals surface area (Å²) in [6.07, 6.45) is 2.23. The molecule has 0 amide bonds. The smallest absolute Gasteiger partial charge is 0.294 e. The fourth-order valence-corrected chi connectivity index (χ4v) is 3.35. The van der Waals surface area contributed by atoms with Gasteiger partial charge in [0.25, 0.3) is 10.1 Å². The lowest BCUT2D eigenvalue weighted by atomic mass is 10.0. The normalized spacial score (nSPS) is 23.7. The molecule has 0 aliphatic carbocycles. The molecule has 0 spiro atoms. The molecule has 1 aromatic carbocycles. The zero-order valence-corrected chi connectivity index (χ0v) is 12.2. The average molecular weight is 305 g/mol. The summed E-state index contributed by atoms with van der Waals surface area (Å²) >= 11 is 5.74. The molecule has 0 radical (unpaired) electrons. The van der Waals surface area contributed by atoms with Gasteiger partial charge in [-0.15, -0.1) is 11.6 Å². The van der Waals surface area contributed by atoms with Crippen molar-refractivity contribution >= 4 is 21.7 Å². The van der Waals surface area contributed by atoms with Crippen molar-refractivity contribution in [3.05, 3.63) is 29.3 Å². The van der Waals surface area contributed by atoms with Crippen molar-refractivity contribution in [1.29, 1.82) is 0 Å². The summed E-state index contributed by atoms with van der Waals surface area (Å²) in [4.78, 5) is -0.0315. The van der Waals surface area contributed by atoms with Crippen LogP contribution in [0.25, 0.3) is 0 Å². The maximum absolute atomic E-state index is 11.4. The molecular formula is C13H17ClO4S. The van der Waals surface area contributed by atoms with Gasteiger partial charge in [0, 0.05) is 12.3 Å². The van der Waals surface area contributed by atoms with Gasteiger partial charge in [0.15, 0.2) is 0 Å². The summed E-state index contributed by atoms with van der Waals surface area (Å²) in [6, 6.07) is 4.89. The maximum atomic E-state index is 11.4. The number of benzene rings is 1. The summed E-state index contributed by atoms with van der Waals surface area (Å²) in [6.45, 7) is 1.88. The zero-order chi connectivity index (χ0) is 14.0. The van der Waals surface area contributed by atoms with Crippen molar-refractivity contribution in [2.24, 2.45) is 0 Å². The molecule has 1 aliphatic rings. The van der Waals surface area contributed by atoms with E-state index in [1.165, 1.54) is 6.07 Å². The molecule has 0 saturated carbocycles. The van der Waals surface area contributed by atoms with E-state index < -0.39 is 10.1 Å². The first kappa shape index (κ1) is 14.8. The summed E-state index contributed by atoms with van der Waals surface area (Å²) in [5, 5.41) is 0. The number of hydrogen-bond acceptors (Lipinski definition) is 3. The summed E-state index contributed by atoms with van der Waals surface area (Å²) in [7, 11) is -4.19. The molecule has 19 heavy (non-hydrogen) atoms. The van der Waals surface area contributed by atoms with E-state index >= 15 is 0 Å². The van der Waals surface area contributed by atoms with Crippen molar-refractivity contribution in [3.8, 4) is 0 Å². The van der Waals surface area contributed by atoms with Crippen LogP contribution in [0.2, 0.25) is 0 Å². The van der Waals surface area contributed by atoms with E-state index in [-0.39, 0.29) is 17.1 Å². The molecule has 1 fully saturated rings. The molecule has 0 aromatic heterocycles. The molecule has 6 heteroatoms. The molecular weight excluding hydrogens is 288 g/mol. The van der Waals surface area contributed by atoms with Crippen LogP contribution in [0.1, 0.15) is 24.0 Å². The maximum Gasteiger partial charge on any atom is 0.294 e. The van der Waals surface area contributed by atoms with Crippen LogP contribution in [0.4, 0.5) is 0 Å². The van der Waals surface area contributed by atoms with E-state index in [2.05, 4.69) is 0 Å². The Labute approximate surface area is 118 Å². The Balaban J connectivity index is 2.22. The number of aryl methyl sites for hydroxylation is 1. The number of alkyl halides is 1. The Kier molecular flexibility index (Phi) is 4.50. The first-order valence-electron chi connectivity index (χ1n) is 6.18. The zero-order valence-electron chi connectivity index (χ0n) is 10.7. The van der Waals surface area contributed by atoms with Crippen molar-refractivity contribution in [2.75, 3.05) is 5.88 Å². The van der Waals surface area contributed by atoms with Crippen molar-refractivity contribution in [3.63, 3.8) is 0 Å². The largest absolute Gasteiger partial charge is 0.373 e. The Hall–Kier alpha value is -0.620. The van der Waals surface area contributed by atoms with Crippen molar-refractivity contribution in [2.45, 2.75) is 43.3 Å². The van der Waals surface area contributed by atoms with Gasteiger partial charge in [-0.1, -0.05) is 17.7 Å². The second-order valence-electron chi connectivity index (χ2n) is 4.90. The number of ether oxygens (including phenoxy) is 1. The standard InChI is InChI=1S/C13H17ClO4S/c1-9-2-5-13(19(15,16)17)10(6-9)7-11-3-4-12(8-14)18-11/h2,5-6,11-12H,3-4,7-8H2,1H3,(H,15,16,17)/t11-,12-/m1/s1. The van der Waals surface area contributed by atoms with Crippen LogP contribution in [-0.2, 0) is 21.3 Å². The van der Waals surface area contributed by atoms with Crippen LogP contribution in [0.15, 0.2) is 23.1 Å². The minimum absolute atomic E-state index is 0.0315. The number of hydrogen-bond donors (Lipinski definition) is 1. The highest BCUT2D eigenvalue weighted by molar-refractivity contribution is 7.85. The third-order valence-corrected chi connectivity index (χ3v) is 4.61. The van der Waals surface area contributed by atoms with E-state index in [0.29, 0.717) is 17.9 Å². The van der Waals surface area contributed by atoms with Gasteiger partial charge in [-0.05, 0) is 31.4 Å². The second kappa shape index (κ2) is 5.79. The van der Waals surface area contributed by atoms with Gasteiger partial charge >= 0.3 is 0 Å². The predicted octanol–water partition coefficient (Wildman–Crippen LogP) is 2.57. The fourth-order valence-electron chi connectivity index (χ4n) is 2.41. The van der Waals surface area contributed by atoms with E-state index in [1.807, 2.05) is 6.92 Å². The first-order valence-corrected chi connectivity index (χ1v) is 8.16. The SMILES string of the molecule is Cc1ccc(S(=O)(=O)O)c(C[C@H]2CC[C@H](CCl)O2)c1. The van der Waals surface area contributed by atoms with Gasteiger partial charge in [0.1, 0.15) is 0 Å². The van der Waals surface area contributed by atoms with Gasteiger partial charge < -0.3 is 4.74 Å². The van der Waals surface area contributed by atoms with Crippen LogP contribution in [-0.4, -0.2) is 31.1 Å². The third-order valence-electron chi connectivity index (χ3n) is 3.31. The number of rotatable bonds is 4. The molecule has 4 nitrogen and oxygen atoms in total. The molecule has 2 rings (SSSR count). The minimum atomic E-state index is -4.19. The van der Waals surface area contributed by atoms with Crippen LogP contribution >= 0.6 is 11.6 Å². The van der Waals surface area contributed by atoms with Crippen LogP contribution < -0.4 is 0 Å². The molecule has 0 bridgehead atoms. The van der Waals surface area contributed by atoms with Gasteiger partial charge in [-0.25, -0.2) is 0 Å². The van der Waals surface area contributed by atoms with Crippen molar-refractivity contribution in [1.82, 2.24) is 0 Å². The molecule has 106 valence electrons. The molecule has 1 aliphatic heterocycles. The summed E-state index contributed by atoms with van der Waals surface area (Å²) < 4.78 is 37.7. The van der Waals surface area contributed by atoms with Gasteiger partial charge in [0.05, 0.1) is 17.1 Å². The van der Waals surface area contributed by atoms with Gasteiger partial charge in [0.2, 0.25) is 0 Å². The van der Waals surface area contributed by atoms with Crippen LogP contribution in [0.3, 0.4) is 0 Å². The molecule has 1 aromatic rings. The summed E-state index contributed by atoms with van der Waals surface area (Å²) in [5.41, 5.74) is 1.55. The Morgan fingerprint density at radius 2 is 2.05 bits per heavy atom. The molecule has 1 saturated heterocycles.